The molecular formula is C14H20O4. The Hall–Kier alpha value is -1.55. The number of aliphatic hydroxyl groups excluding tert-OH is 1. The molecule has 4 heteroatoms. The van der Waals surface area contributed by atoms with Gasteiger partial charge in [-0.3, -0.25) is 0 Å². The van der Waals surface area contributed by atoms with Gasteiger partial charge in [0.2, 0.25) is 0 Å². The molecule has 0 fully saturated rings. The van der Waals surface area contributed by atoms with Crippen LogP contribution in [0.15, 0.2) is 33.0 Å². The molecule has 18 heavy (non-hydrogen) atoms. The number of allylic oxidation sites excluding steroid dienone is 1. The molecule has 2 N–H and O–H groups in total. The van der Waals surface area contributed by atoms with Gasteiger partial charge in [0, 0.05) is 12.5 Å². The van der Waals surface area contributed by atoms with E-state index in [1.165, 1.54) is 6.07 Å². The molecule has 0 aliphatic carbocycles. The second-order valence-electron chi connectivity index (χ2n) is 4.62. The van der Waals surface area contributed by atoms with Crippen molar-refractivity contribution in [2.24, 2.45) is 5.92 Å². The van der Waals surface area contributed by atoms with Crippen molar-refractivity contribution >= 4 is 0 Å². The van der Waals surface area contributed by atoms with Gasteiger partial charge >= 0.3 is 5.63 Å². The number of aliphatic hydroxyl groups is 1. The second kappa shape index (κ2) is 6.40. The van der Waals surface area contributed by atoms with Crippen LogP contribution in [-0.2, 0) is 6.42 Å². The normalized spacial score (nSPS) is 15.4. The van der Waals surface area contributed by atoms with Crippen LogP contribution in [0.4, 0.5) is 0 Å². The predicted molar refractivity (Wildman–Crippen MR) is 69.6 cm³/mol. The number of hydrogen-bond acceptors (Lipinski definition) is 4. The Morgan fingerprint density at radius 1 is 1.50 bits per heavy atom. The molecule has 0 saturated heterocycles. The molecule has 100 valence electrons. The first-order chi connectivity index (χ1) is 8.42. The lowest BCUT2D eigenvalue weighted by atomic mass is 10.0. The first kappa shape index (κ1) is 14.5. The summed E-state index contributed by atoms with van der Waals surface area (Å²) < 4.78 is 4.91. The van der Waals surface area contributed by atoms with E-state index in [2.05, 4.69) is 13.8 Å². The van der Waals surface area contributed by atoms with E-state index in [0.717, 1.165) is 18.1 Å². The molecule has 1 rings (SSSR count). The van der Waals surface area contributed by atoms with Crippen LogP contribution in [0, 0.1) is 5.92 Å². The van der Waals surface area contributed by atoms with Gasteiger partial charge in [-0.25, -0.2) is 4.79 Å². The molecule has 0 aliphatic rings. The van der Waals surface area contributed by atoms with Gasteiger partial charge in [-0.2, -0.15) is 0 Å². The highest BCUT2D eigenvalue weighted by Gasteiger charge is 2.11. The maximum atomic E-state index is 11.1. The predicted octanol–water partition coefficient (Wildman–Crippen LogP) is 2.24. The third-order valence-electron chi connectivity index (χ3n) is 2.92. The highest BCUT2D eigenvalue weighted by Crippen LogP contribution is 2.15. The highest BCUT2D eigenvalue weighted by atomic mass is 16.4. The molecule has 1 aromatic rings. The van der Waals surface area contributed by atoms with Crippen LogP contribution in [0.25, 0.3) is 0 Å². The fourth-order valence-corrected chi connectivity index (χ4v) is 1.65. The standard InChI is InChI=1S/C14H20O4/c1-4-9(2)5-10(3)13(16)8-12-6-11(15)7-14(17)18-12/h5-7,9,13,15-16H,4,8H2,1-3H3/b10-5+. The van der Waals surface area contributed by atoms with E-state index < -0.39 is 11.7 Å². The molecule has 0 saturated carbocycles. The second-order valence-corrected chi connectivity index (χ2v) is 4.62. The molecule has 2 atom stereocenters. The largest absolute Gasteiger partial charge is 0.508 e. The Kier molecular flexibility index (Phi) is 5.16. The first-order valence-corrected chi connectivity index (χ1v) is 6.11. The van der Waals surface area contributed by atoms with Gasteiger partial charge in [0.25, 0.3) is 0 Å². The minimum atomic E-state index is -0.705. The monoisotopic (exact) mass is 252 g/mol. The Morgan fingerprint density at radius 3 is 2.72 bits per heavy atom. The Labute approximate surface area is 107 Å². The zero-order chi connectivity index (χ0) is 13.7. The van der Waals surface area contributed by atoms with E-state index in [9.17, 15) is 15.0 Å². The smallest absolute Gasteiger partial charge is 0.339 e. The Morgan fingerprint density at radius 2 is 2.17 bits per heavy atom. The van der Waals surface area contributed by atoms with Crippen molar-refractivity contribution in [1.29, 1.82) is 0 Å². The average molecular weight is 252 g/mol. The minimum absolute atomic E-state index is 0.142. The molecule has 1 heterocycles. The topological polar surface area (TPSA) is 70.7 Å². The third-order valence-corrected chi connectivity index (χ3v) is 2.92. The highest BCUT2D eigenvalue weighted by molar-refractivity contribution is 5.20. The maximum Gasteiger partial charge on any atom is 0.339 e. The molecular weight excluding hydrogens is 232 g/mol. The average Bonchev–Trinajstić information content (AvgIpc) is 2.27. The summed E-state index contributed by atoms with van der Waals surface area (Å²) in [5.74, 6) is 0.539. The van der Waals surface area contributed by atoms with Crippen LogP contribution in [0.5, 0.6) is 5.75 Å². The fourth-order valence-electron chi connectivity index (χ4n) is 1.65. The SMILES string of the molecule is CCC(C)/C=C(\C)C(O)Cc1cc(O)cc(=O)o1. The lowest BCUT2D eigenvalue weighted by molar-refractivity contribution is 0.199. The van der Waals surface area contributed by atoms with Gasteiger partial charge in [-0.1, -0.05) is 26.3 Å². The van der Waals surface area contributed by atoms with E-state index in [1.807, 2.05) is 13.0 Å². The summed E-state index contributed by atoms with van der Waals surface area (Å²) in [6, 6.07) is 2.35. The molecule has 0 aromatic carbocycles. The van der Waals surface area contributed by atoms with Crippen molar-refractivity contribution < 1.29 is 14.6 Å². The maximum absolute atomic E-state index is 11.1. The van der Waals surface area contributed by atoms with Gasteiger partial charge in [-0.15, -0.1) is 0 Å². The lowest BCUT2D eigenvalue weighted by Crippen LogP contribution is -2.14. The van der Waals surface area contributed by atoms with Crippen molar-refractivity contribution in [2.45, 2.75) is 39.7 Å². The third kappa shape index (κ3) is 4.37. The van der Waals surface area contributed by atoms with Crippen molar-refractivity contribution in [1.82, 2.24) is 0 Å². The van der Waals surface area contributed by atoms with Crippen LogP contribution < -0.4 is 5.63 Å². The summed E-state index contributed by atoms with van der Waals surface area (Å²) in [4.78, 5) is 11.1. The molecule has 0 amide bonds. The number of rotatable bonds is 5. The number of hydrogen-bond donors (Lipinski definition) is 2. The Balaban J connectivity index is 2.78. The summed E-state index contributed by atoms with van der Waals surface area (Å²) in [6.45, 7) is 6.00. The minimum Gasteiger partial charge on any atom is -0.508 e. The van der Waals surface area contributed by atoms with Crippen molar-refractivity contribution in [2.75, 3.05) is 0 Å². The van der Waals surface area contributed by atoms with E-state index >= 15 is 0 Å². The van der Waals surface area contributed by atoms with E-state index in [0.29, 0.717) is 5.92 Å². The van der Waals surface area contributed by atoms with Gasteiger partial charge < -0.3 is 14.6 Å². The zero-order valence-corrected chi connectivity index (χ0v) is 11.0. The van der Waals surface area contributed by atoms with Crippen LogP contribution in [0.1, 0.15) is 33.0 Å². The Bertz CT molecular complexity index is 473. The van der Waals surface area contributed by atoms with Gasteiger partial charge in [0.1, 0.15) is 11.5 Å². The van der Waals surface area contributed by atoms with Crippen molar-refractivity contribution in [3.63, 3.8) is 0 Å². The summed E-state index contributed by atoms with van der Waals surface area (Å²) in [5.41, 5.74) is 0.233. The van der Waals surface area contributed by atoms with Gasteiger partial charge in [0.05, 0.1) is 12.2 Å². The number of aromatic hydroxyl groups is 1. The van der Waals surface area contributed by atoms with Crippen LogP contribution >= 0.6 is 0 Å². The first-order valence-electron chi connectivity index (χ1n) is 6.11. The van der Waals surface area contributed by atoms with E-state index in [-0.39, 0.29) is 17.9 Å². The molecule has 2 unspecified atom stereocenters. The summed E-state index contributed by atoms with van der Waals surface area (Å²) >= 11 is 0. The summed E-state index contributed by atoms with van der Waals surface area (Å²) in [5, 5.41) is 19.3. The van der Waals surface area contributed by atoms with Crippen molar-refractivity contribution in [3.8, 4) is 5.75 Å². The summed E-state index contributed by atoms with van der Waals surface area (Å²) in [7, 11) is 0. The van der Waals surface area contributed by atoms with Crippen LogP contribution in [-0.4, -0.2) is 16.3 Å². The molecule has 4 nitrogen and oxygen atoms in total. The molecule has 0 spiro atoms. The molecule has 0 radical (unpaired) electrons. The van der Waals surface area contributed by atoms with Crippen molar-refractivity contribution in [3.05, 3.63) is 40.0 Å². The molecule has 0 bridgehead atoms. The quantitative estimate of drug-likeness (QED) is 0.788. The van der Waals surface area contributed by atoms with Crippen LogP contribution in [0.3, 0.4) is 0 Å². The fraction of sp³-hybridized carbons (Fsp3) is 0.500. The zero-order valence-electron chi connectivity index (χ0n) is 11.0. The van der Waals surface area contributed by atoms with Gasteiger partial charge in [0.15, 0.2) is 0 Å². The summed E-state index contributed by atoms with van der Waals surface area (Å²) in [6.07, 6.45) is 2.49. The van der Waals surface area contributed by atoms with Crippen LogP contribution in [0.2, 0.25) is 0 Å². The van der Waals surface area contributed by atoms with E-state index in [1.54, 1.807) is 0 Å². The van der Waals surface area contributed by atoms with Gasteiger partial charge in [-0.05, 0) is 18.4 Å². The molecule has 0 aliphatic heterocycles. The van der Waals surface area contributed by atoms with E-state index in [4.69, 9.17) is 4.42 Å². The lowest BCUT2D eigenvalue weighted by Gasteiger charge is -2.12. The molecule has 1 aromatic heterocycles.